The van der Waals surface area contributed by atoms with Gasteiger partial charge in [-0.2, -0.15) is 0 Å². The van der Waals surface area contributed by atoms with E-state index in [0.717, 1.165) is 11.8 Å². The lowest BCUT2D eigenvalue weighted by Crippen LogP contribution is -2.38. The number of hydrogen-bond donors (Lipinski definition) is 0. The molecule has 3 aromatic rings. The molecule has 0 N–H and O–H groups in total. The second kappa shape index (κ2) is 10.1. The third-order valence-corrected chi connectivity index (χ3v) is 5.61. The number of thioether (sulfide) groups is 1. The Bertz CT molecular complexity index is 1120. The largest absolute Gasteiger partial charge is 0.341 e. The molecule has 0 radical (unpaired) electrons. The van der Waals surface area contributed by atoms with Crippen LogP contribution in [0.5, 0.6) is 0 Å². The van der Waals surface area contributed by atoms with Crippen LogP contribution >= 0.6 is 11.8 Å². The number of aromatic nitrogens is 2. The van der Waals surface area contributed by atoms with Crippen molar-refractivity contribution in [3.63, 3.8) is 0 Å². The maximum atomic E-state index is 14.6. The number of rotatable bonds is 8. The Morgan fingerprint density at radius 3 is 2.29 bits per heavy atom. The predicted octanol–water partition coefficient (Wildman–Crippen LogP) is 4.76. The van der Waals surface area contributed by atoms with E-state index in [1.807, 2.05) is 4.90 Å². The van der Waals surface area contributed by atoms with Gasteiger partial charge in [0.2, 0.25) is 5.91 Å². The molecule has 3 rings (SSSR count). The molecule has 2 aromatic carbocycles. The zero-order chi connectivity index (χ0) is 22.5. The number of hydrogen-bond acceptors (Lipinski definition) is 4. The lowest BCUT2D eigenvalue weighted by atomic mass is 10.1. The number of fused-ring (bicyclic) bond motifs is 1. The summed E-state index contributed by atoms with van der Waals surface area (Å²) >= 11 is 1.16. The van der Waals surface area contributed by atoms with Crippen LogP contribution < -0.4 is 5.56 Å². The Kier molecular flexibility index (Phi) is 7.49. The molecule has 0 fully saturated rings. The molecule has 0 unspecified atom stereocenters. The van der Waals surface area contributed by atoms with Crippen LogP contribution in [0.1, 0.15) is 27.7 Å². The summed E-state index contributed by atoms with van der Waals surface area (Å²) in [5.41, 5.74) is 0.296. The number of carbonyl (C=O) groups is 1. The van der Waals surface area contributed by atoms with Crippen molar-refractivity contribution >= 4 is 28.6 Å². The standard InChI is InChI=1S/C24H28FN3O2S/c1-16(2)13-27(14-17(3)4)22(29)15-31-24-26-20-11-7-5-9-18(20)23(30)28(24)21-12-8-6-10-19(21)25/h5-12,16-17H,13-15H2,1-4H3. The smallest absolute Gasteiger partial charge is 0.266 e. The topological polar surface area (TPSA) is 55.2 Å². The highest BCUT2D eigenvalue weighted by molar-refractivity contribution is 7.99. The van der Waals surface area contributed by atoms with Crippen LogP contribution in [-0.4, -0.2) is 39.2 Å². The van der Waals surface area contributed by atoms with Gasteiger partial charge in [-0.1, -0.05) is 63.7 Å². The molecule has 0 atom stereocenters. The molecule has 0 aliphatic heterocycles. The minimum Gasteiger partial charge on any atom is -0.341 e. The molecule has 1 amide bonds. The number of amides is 1. The number of nitrogens with zero attached hydrogens (tertiary/aromatic N) is 3. The van der Waals surface area contributed by atoms with Gasteiger partial charge in [0, 0.05) is 13.1 Å². The normalized spacial score (nSPS) is 11.5. The SMILES string of the molecule is CC(C)CN(CC(C)C)C(=O)CSc1nc2ccccc2c(=O)n1-c1ccccc1F. The molecule has 1 aromatic heterocycles. The second-order valence-corrected chi connectivity index (χ2v) is 9.32. The predicted molar refractivity (Wildman–Crippen MR) is 124 cm³/mol. The van der Waals surface area contributed by atoms with Crippen LogP contribution in [-0.2, 0) is 4.79 Å². The Morgan fingerprint density at radius 1 is 1.03 bits per heavy atom. The summed E-state index contributed by atoms with van der Waals surface area (Å²) in [5, 5.41) is 0.707. The number of benzene rings is 2. The Labute approximate surface area is 186 Å². The van der Waals surface area contributed by atoms with Gasteiger partial charge in [-0.15, -0.1) is 0 Å². The number of para-hydroxylation sites is 2. The first-order valence-corrected chi connectivity index (χ1v) is 11.4. The van der Waals surface area contributed by atoms with Gasteiger partial charge in [-0.25, -0.2) is 9.37 Å². The fourth-order valence-corrected chi connectivity index (χ4v) is 4.34. The fraction of sp³-hybridized carbons (Fsp3) is 0.375. The quantitative estimate of drug-likeness (QED) is 0.374. The summed E-state index contributed by atoms with van der Waals surface area (Å²) in [7, 11) is 0. The molecule has 31 heavy (non-hydrogen) atoms. The van der Waals surface area contributed by atoms with E-state index in [1.165, 1.54) is 10.6 Å². The first kappa shape index (κ1) is 23.0. The highest BCUT2D eigenvalue weighted by Crippen LogP contribution is 2.23. The Hall–Kier alpha value is -2.67. The van der Waals surface area contributed by atoms with E-state index in [1.54, 1.807) is 42.5 Å². The zero-order valence-corrected chi connectivity index (χ0v) is 19.2. The van der Waals surface area contributed by atoms with E-state index >= 15 is 0 Å². The molecule has 1 heterocycles. The molecule has 0 spiro atoms. The summed E-state index contributed by atoms with van der Waals surface area (Å²) < 4.78 is 15.8. The van der Waals surface area contributed by atoms with Crippen molar-refractivity contribution in [3.05, 3.63) is 64.7 Å². The van der Waals surface area contributed by atoms with Crippen LogP contribution in [0.3, 0.4) is 0 Å². The molecule has 7 heteroatoms. The molecule has 164 valence electrons. The lowest BCUT2D eigenvalue weighted by Gasteiger charge is -2.26. The molecule has 5 nitrogen and oxygen atoms in total. The van der Waals surface area contributed by atoms with Crippen LogP contribution in [0.25, 0.3) is 16.6 Å². The van der Waals surface area contributed by atoms with Crippen molar-refractivity contribution in [1.29, 1.82) is 0 Å². The average molecular weight is 442 g/mol. The number of carbonyl (C=O) groups excluding carboxylic acids is 1. The van der Waals surface area contributed by atoms with Crippen molar-refractivity contribution in [2.75, 3.05) is 18.8 Å². The van der Waals surface area contributed by atoms with Gasteiger partial charge in [-0.05, 0) is 36.1 Å². The first-order chi connectivity index (χ1) is 14.8. The second-order valence-electron chi connectivity index (χ2n) is 8.38. The van der Waals surface area contributed by atoms with Crippen LogP contribution in [0.4, 0.5) is 4.39 Å². The molecule has 0 aliphatic carbocycles. The van der Waals surface area contributed by atoms with E-state index in [9.17, 15) is 14.0 Å². The van der Waals surface area contributed by atoms with Gasteiger partial charge in [-0.3, -0.25) is 14.2 Å². The van der Waals surface area contributed by atoms with E-state index in [2.05, 4.69) is 32.7 Å². The van der Waals surface area contributed by atoms with Crippen LogP contribution in [0.2, 0.25) is 0 Å². The van der Waals surface area contributed by atoms with Gasteiger partial charge in [0.15, 0.2) is 5.16 Å². The van der Waals surface area contributed by atoms with Gasteiger partial charge in [0.05, 0.1) is 22.3 Å². The van der Waals surface area contributed by atoms with Crippen molar-refractivity contribution < 1.29 is 9.18 Å². The Balaban J connectivity index is 1.99. The van der Waals surface area contributed by atoms with Crippen molar-refractivity contribution in [2.45, 2.75) is 32.9 Å². The van der Waals surface area contributed by atoms with Crippen LogP contribution in [0.15, 0.2) is 58.5 Å². The van der Waals surface area contributed by atoms with E-state index in [-0.39, 0.29) is 22.9 Å². The molecular weight excluding hydrogens is 413 g/mol. The third kappa shape index (κ3) is 5.53. The molecule has 0 saturated heterocycles. The summed E-state index contributed by atoms with van der Waals surface area (Å²) in [5.74, 6) is 0.288. The minimum absolute atomic E-state index is 0.0186. The van der Waals surface area contributed by atoms with Gasteiger partial charge < -0.3 is 4.90 Å². The Morgan fingerprint density at radius 2 is 1.65 bits per heavy atom. The highest BCUT2D eigenvalue weighted by Gasteiger charge is 2.20. The highest BCUT2D eigenvalue weighted by atomic mass is 32.2. The summed E-state index contributed by atoms with van der Waals surface area (Å²) in [4.78, 5) is 32.6. The number of halogens is 1. The zero-order valence-electron chi connectivity index (χ0n) is 18.3. The van der Waals surface area contributed by atoms with Crippen molar-refractivity contribution in [1.82, 2.24) is 14.5 Å². The van der Waals surface area contributed by atoms with Crippen LogP contribution in [0, 0.1) is 17.7 Å². The average Bonchev–Trinajstić information content (AvgIpc) is 2.72. The summed E-state index contributed by atoms with van der Waals surface area (Å²) in [6.45, 7) is 9.65. The first-order valence-electron chi connectivity index (χ1n) is 10.4. The summed E-state index contributed by atoms with van der Waals surface area (Å²) in [6, 6.07) is 13.1. The molecule has 0 saturated carbocycles. The van der Waals surface area contributed by atoms with Gasteiger partial charge in [0.1, 0.15) is 5.82 Å². The van der Waals surface area contributed by atoms with Crippen molar-refractivity contribution in [2.24, 2.45) is 11.8 Å². The molecular formula is C24H28FN3O2S. The van der Waals surface area contributed by atoms with E-state index < -0.39 is 5.82 Å². The van der Waals surface area contributed by atoms with Crippen molar-refractivity contribution in [3.8, 4) is 5.69 Å². The maximum Gasteiger partial charge on any atom is 0.266 e. The maximum absolute atomic E-state index is 14.6. The van der Waals surface area contributed by atoms with Gasteiger partial charge in [0.25, 0.3) is 5.56 Å². The fourth-order valence-electron chi connectivity index (χ4n) is 3.43. The molecule has 0 aliphatic rings. The van der Waals surface area contributed by atoms with E-state index in [0.29, 0.717) is 41.0 Å². The monoisotopic (exact) mass is 441 g/mol. The third-order valence-electron chi connectivity index (χ3n) is 4.69. The molecule has 0 bridgehead atoms. The summed E-state index contributed by atoms with van der Waals surface area (Å²) in [6.07, 6.45) is 0. The van der Waals surface area contributed by atoms with E-state index in [4.69, 9.17) is 0 Å². The van der Waals surface area contributed by atoms with Gasteiger partial charge >= 0.3 is 0 Å². The minimum atomic E-state index is -0.518. The lowest BCUT2D eigenvalue weighted by molar-refractivity contribution is -0.129.